The van der Waals surface area contributed by atoms with E-state index >= 15 is 0 Å². The van der Waals surface area contributed by atoms with E-state index in [1.165, 1.54) is 0 Å². The number of hydrogen-bond donors (Lipinski definition) is 2. The SMILES string of the molecule is CC[C@@H](C(=O)NN)n1cc(Br)cn1. The number of aromatic nitrogens is 2. The molecule has 0 saturated carbocycles. The van der Waals surface area contributed by atoms with Gasteiger partial charge in [-0.3, -0.25) is 14.9 Å². The largest absolute Gasteiger partial charge is 0.292 e. The predicted molar refractivity (Wildman–Crippen MR) is 51.6 cm³/mol. The van der Waals surface area contributed by atoms with Gasteiger partial charge in [-0.2, -0.15) is 5.10 Å². The van der Waals surface area contributed by atoms with Gasteiger partial charge in [0, 0.05) is 6.20 Å². The van der Waals surface area contributed by atoms with E-state index in [1.54, 1.807) is 17.1 Å². The first-order valence-electron chi connectivity index (χ1n) is 3.89. The second-order valence-corrected chi connectivity index (χ2v) is 3.49. The quantitative estimate of drug-likeness (QED) is 0.466. The third-order valence-electron chi connectivity index (χ3n) is 1.72. The van der Waals surface area contributed by atoms with Gasteiger partial charge < -0.3 is 0 Å². The van der Waals surface area contributed by atoms with Gasteiger partial charge in [0.25, 0.3) is 5.91 Å². The number of hydrogen-bond acceptors (Lipinski definition) is 3. The maximum Gasteiger partial charge on any atom is 0.258 e. The molecule has 0 spiro atoms. The number of nitrogens with two attached hydrogens (primary N) is 1. The van der Waals surface area contributed by atoms with E-state index in [2.05, 4.69) is 26.5 Å². The van der Waals surface area contributed by atoms with Crippen LogP contribution < -0.4 is 11.3 Å². The molecule has 0 aliphatic heterocycles. The van der Waals surface area contributed by atoms with Crippen molar-refractivity contribution >= 4 is 21.8 Å². The van der Waals surface area contributed by atoms with Crippen LogP contribution >= 0.6 is 15.9 Å². The number of nitrogens with one attached hydrogen (secondary N) is 1. The van der Waals surface area contributed by atoms with Crippen molar-refractivity contribution in [1.82, 2.24) is 15.2 Å². The Morgan fingerprint density at radius 3 is 3.00 bits per heavy atom. The number of carbonyl (C=O) groups excluding carboxylic acids is 1. The molecule has 1 atom stereocenters. The van der Waals surface area contributed by atoms with Gasteiger partial charge in [-0.05, 0) is 22.4 Å². The Kier molecular flexibility index (Phi) is 3.44. The lowest BCUT2D eigenvalue weighted by Gasteiger charge is -2.12. The third kappa shape index (κ3) is 2.28. The zero-order chi connectivity index (χ0) is 9.84. The van der Waals surface area contributed by atoms with E-state index < -0.39 is 0 Å². The van der Waals surface area contributed by atoms with Gasteiger partial charge in [0.15, 0.2) is 0 Å². The van der Waals surface area contributed by atoms with E-state index in [9.17, 15) is 4.79 Å². The molecule has 72 valence electrons. The van der Waals surface area contributed by atoms with Crippen LogP contribution in [0.1, 0.15) is 19.4 Å². The molecule has 0 radical (unpaired) electrons. The second kappa shape index (κ2) is 4.38. The molecule has 1 amide bonds. The summed E-state index contributed by atoms with van der Waals surface area (Å²) in [6.07, 6.45) is 4.02. The molecule has 13 heavy (non-hydrogen) atoms. The van der Waals surface area contributed by atoms with E-state index in [-0.39, 0.29) is 11.9 Å². The first-order valence-corrected chi connectivity index (χ1v) is 4.68. The molecule has 6 heteroatoms. The molecule has 1 aromatic heterocycles. The van der Waals surface area contributed by atoms with Crippen LogP contribution in [0.25, 0.3) is 0 Å². The molecule has 0 aromatic carbocycles. The highest BCUT2D eigenvalue weighted by Gasteiger charge is 2.17. The average Bonchev–Trinajstić information content (AvgIpc) is 2.53. The highest BCUT2D eigenvalue weighted by Crippen LogP contribution is 2.14. The van der Waals surface area contributed by atoms with Crippen LogP contribution in [0.15, 0.2) is 16.9 Å². The summed E-state index contributed by atoms with van der Waals surface area (Å²) in [5.41, 5.74) is 2.11. The topological polar surface area (TPSA) is 72.9 Å². The van der Waals surface area contributed by atoms with Crippen molar-refractivity contribution in [1.29, 1.82) is 0 Å². The number of halogens is 1. The Labute approximate surface area is 84.4 Å². The minimum absolute atomic E-state index is 0.238. The fourth-order valence-corrected chi connectivity index (χ4v) is 1.38. The third-order valence-corrected chi connectivity index (χ3v) is 2.13. The average molecular weight is 247 g/mol. The Bertz CT molecular complexity index is 298. The van der Waals surface area contributed by atoms with E-state index in [0.717, 1.165) is 4.47 Å². The standard InChI is InChI=1S/C7H11BrN4O/c1-2-6(7(13)11-9)12-4-5(8)3-10-12/h3-4,6H,2,9H2,1H3,(H,11,13)/t6-/m0/s1. The van der Waals surface area contributed by atoms with Gasteiger partial charge in [0.2, 0.25) is 0 Å². The lowest BCUT2D eigenvalue weighted by molar-refractivity contribution is -0.124. The number of rotatable bonds is 3. The number of carbonyl (C=O) groups is 1. The van der Waals surface area contributed by atoms with Crippen molar-refractivity contribution < 1.29 is 4.79 Å². The number of hydrazine groups is 1. The van der Waals surface area contributed by atoms with Gasteiger partial charge >= 0.3 is 0 Å². The van der Waals surface area contributed by atoms with Gasteiger partial charge in [-0.25, -0.2) is 5.84 Å². The molecule has 1 rings (SSSR count). The lowest BCUT2D eigenvalue weighted by Crippen LogP contribution is -2.37. The predicted octanol–water partition coefficient (Wildman–Crippen LogP) is 0.587. The zero-order valence-corrected chi connectivity index (χ0v) is 8.78. The maximum atomic E-state index is 11.2. The number of nitrogens with zero attached hydrogens (tertiary/aromatic N) is 2. The molecule has 1 heterocycles. The smallest absolute Gasteiger partial charge is 0.258 e. The molecule has 0 saturated heterocycles. The van der Waals surface area contributed by atoms with Crippen LogP contribution in [0.4, 0.5) is 0 Å². The van der Waals surface area contributed by atoms with Crippen LogP contribution in [-0.4, -0.2) is 15.7 Å². The summed E-state index contributed by atoms with van der Waals surface area (Å²) in [5, 5.41) is 4.01. The normalized spacial score (nSPS) is 12.5. The summed E-state index contributed by atoms with van der Waals surface area (Å²) >= 11 is 3.25. The fourth-order valence-electron chi connectivity index (χ4n) is 1.07. The summed E-state index contributed by atoms with van der Waals surface area (Å²) in [6, 6.07) is -0.337. The Balaban J connectivity index is 2.84. The zero-order valence-electron chi connectivity index (χ0n) is 7.20. The van der Waals surface area contributed by atoms with Gasteiger partial charge in [0.05, 0.1) is 10.7 Å². The second-order valence-electron chi connectivity index (χ2n) is 2.57. The maximum absolute atomic E-state index is 11.2. The first kappa shape index (κ1) is 10.2. The van der Waals surface area contributed by atoms with Gasteiger partial charge in [0.1, 0.15) is 6.04 Å². The van der Waals surface area contributed by atoms with Crippen molar-refractivity contribution in [3.63, 3.8) is 0 Å². The molecule has 1 aromatic rings. The van der Waals surface area contributed by atoms with Crippen molar-refractivity contribution in [2.75, 3.05) is 0 Å². The fraction of sp³-hybridized carbons (Fsp3) is 0.429. The molecule has 0 aliphatic carbocycles. The van der Waals surface area contributed by atoms with Crippen LogP contribution in [0, 0.1) is 0 Å². The highest BCUT2D eigenvalue weighted by molar-refractivity contribution is 9.10. The van der Waals surface area contributed by atoms with Crippen molar-refractivity contribution in [2.45, 2.75) is 19.4 Å². The van der Waals surface area contributed by atoms with Crippen LogP contribution in [0.3, 0.4) is 0 Å². The summed E-state index contributed by atoms with van der Waals surface area (Å²) in [7, 11) is 0. The summed E-state index contributed by atoms with van der Waals surface area (Å²) in [6.45, 7) is 1.90. The Hall–Kier alpha value is -0.880. The van der Waals surface area contributed by atoms with Crippen LogP contribution in [0.2, 0.25) is 0 Å². The molecule has 3 N–H and O–H groups in total. The first-order chi connectivity index (χ1) is 6.19. The van der Waals surface area contributed by atoms with Crippen molar-refractivity contribution in [3.8, 4) is 0 Å². The lowest BCUT2D eigenvalue weighted by atomic mass is 10.2. The minimum Gasteiger partial charge on any atom is -0.292 e. The molecular weight excluding hydrogens is 236 g/mol. The van der Waals surface area contributed by atoms with Gasteiger partial charge in [-0.15, -0.1) is 0 Å². The highest BCUT2D eigenvalue weighted by atomic mass is 79.9. The van der Waals surface area contributed by atoms with E-state index in [1.807, 2.05) is 6.92 Å². The molecule has 0 fully saturated rings. The van der Waals surface area contributed by atoms with E-state index in [4.69, 9.17) is 5.84 Å². The monoisotopic (exact) mass is 246 g/mol. The van der Waals surface area contributed by atoms with Crippen LogP contribution in [-0.2, 0) is 4.79 Å². The Morgan fingerprint density at radius 2 is 2.62 bits per heavy atom. The molecule has 0 bridgehead atoms. The summed E-state index contributed by atoms with van der Waals surface area (Å²) < 4.78 is 2.42. The molecule has 0 unspecified atom stereocenters. The summed E-state index contributed by atoms with van der Waals surface area (Å²) in [4.78, 5) is 11.2. The molecule has 0 aliphatic rings. The van der Waals surface area contributed by atoms with Crippen LogP contribution in [0.5, 0.6) is 0 Å². The Morgan fingerprint density at radius 1 is 1.92 bits per heavy atom. The number of amides is 1. The van der Waals surface area contributed by atoms with Crippen molar-refractivity contribution in [2.24, 2.45) is 5.84 Å². The minimum atomic E-state index is -0.337. The van der Waals surface area contributed by atoms with E-state index in [0.29, 0.717) is 6.42 Å². The van der Waals surface area contributed by atoms with Crippen molar-refractivity contribution in [3.05, 3.63) is 16.9 Å². The molecule has 5 nitrogen and oxygen atoms in total. The van der Waals surface area contributed by atoms with Gasteiger partial charge in [-0.1, -0.05) is 6.92 Å². The summed E-state index contributed by atoms with van der Waals surface area (Å²) in [5.74, 6) is 4.80. The molecular formula is C7H11BrN4O.